The SMILES string of the molecule is CC(=O)Nc1cccc2c1ncn2-c1ccc2ncnc(Nc3c(F)ccc(NS(=O)(=O)c4ccccc4Cl)c3F)c2n1. The Hall–Kier alpha value is -5.21. The van der Waals surface area contributed by atoms with Gasteiger partial charge in [-0.25, -0.2) is 37.1 Å². The van der Waals surface area contributed by atoms with Crippen LogP contribution in [0.5, 0.6) is 0 Å². The fourth-order valence-electron chi connectivity index (χ4n) is 4.39. The molecule has 0 unspecified atom stereocenters. The van der Waals surface area contributed by atoms with Crippen LogP contribution in [0.15, 0.2) is 84.3 Å². The first-order chi connectivity index (χ1) is 20.6. The van der Waals surface area contributed by atoms with Crippen molar-refractivity contribution in [2.24, 2.45) is 0 Å². The van der Waals surface area contributed by atoms with Gasteiger partial charge in [-0.2, -0.15) is 0 Å². The number of rotatable bonds is 7. The topological polar surface area (TPSA) is 144 Å². The summed E-state index contributed by atoms with van der Waals surface area (Å²) < 4.78 is 60.1. The van der Waals surface area contributed by atoms with E-state index in [1.165, 1.54) is 37.8 Å². The van der Waals surface area contributed by atoms with Crippen LogP contribution in [0.2, 0.25) is 5.02 Å². The third-order valence-corrected chi connectivity index (χ3v) is 8.17. The quantitative estimate of drug-likeness (QED) is 0.203. The lowest BCUT2D eigenvalue weighted by Crippen LogP contribution is -2.15. The molecule has 3 aromatic heterocycles. The summed E-state index contributed by atoms with van der Waals surface area (Å²) in [5, 5.41) is 5.27. The van der Waals surface area contributed by atoms with Gasteiger partial charge in [0.1, 0.15) is 45.9 Å². The summed E-state index contributed by atoms with van der Waals surface area (Å²) >= 11 is 6.01. The monoisotopic (exact) mass is 620 g/mol. The lowest BCUT2D eigenvalue weighted by molar-refractivity contribution is -0.114. The standard InChI is InChI=1S/C28H19ClF2N8O3S/c1-15(40)35-20-6-4-7-21-26(20)34-14-39(21)23-12-11-19-27(36-23)28(33-13-32-19)37-25-17(30)9-10-18(24(25)31)38-43(41,42)22-8-3-2-5-16(22)29/h2-14,38H,1H3,(H,35,40)(H,32,33,37). The Bertz CT molecular complexity index is 2180. The normalized spacial score (nSPS) is 11.5. The molecule has 0 aliphatic rings. The van der Waals surface area contributed by atoms with Crippen LogP contribution in [0.4, 0.5) is 31.7 Å². The molecule has 0 radical (unpaired) electrons. The lowest BCUT2D eigenvalue weighted by atomic mass is 10.2. The number of carbonyl (C=O) groups is 1. The molecule has 15 heteroatoms. The van der Waals surface area contributed by atoms with Crippen LogP contribution in [0.1, 0.15) is 6.92 Å². The molecule has 0 saturated carbocycles. The van der Waals surface area contributed by atoms with Gasteiger partial charge in [0.25, 0.3) is 10.0 Å². The Balaban J connectivity index is 1.39. The zero-order valence-electron chi connectivity index (χ0n) is 22.0. The van der Waals surface area contributed by atoms with Crippen LogP contribution in [0.3, 0.4) is 0 Å². The van der Waals surface area contributed by atoms with E-state index in [1.807, 2.05) is 0 Å². The molecule has 11 nitrogen and oxygen atoms in total. The Labute approximate surface area is 247 Å². The number of pyridine rings is 1. The first-order valence-corrected chi connectivity index (χ1v) is 14.4. The number of anilines is 4. The molecule has 0 aliphatic carbocycles. The van der Waals surface area contributed by atoms with Crippen LogP contribution in [0.25, 0.3) is 27.9 Å². The first kappa shape index (κ1) is 27.9. The zero-order chi connectivity index (χ0) is 30.3. The maximum Gasteiger partial charge on any atom is 0.263 e. The van der Waals surface area contributed by atoms with Crippen molar-refractivity contribution in [2.45, 2.75) is 11.8 Å². The Kier molecular flexibility index (Phi) is 7.07. The molecule has 1 amide bonds. The molecule has 0 bridgehead atoms. The van der Waals surface area contributed by atoms with Crippen molar-refractivity contribution in [1.82, 2.24) is 24.5 Å². The zero-order valence-corrected chi connectivity index (χ0v) is 23.6. The van der Waals surface area contributed by atoms with Gasteiger partial charge >= 0.3 is 0 Å². The summed E-state index contributed by atoms with van der Waals surface area (Å²) in [6.07, 6.45) is 2.72. The van der Waals surface area contributed by atoms with Crippen molar-refractivity contribution in [1.29, 1.82) is 0 Å². The first-order valence-electron chi connectivity index (χ1n) is 12.5. The minimum Gasteiger partial charge on any atom is -0.333 e. The number of fused-ring (bicyclic) bond motifs is 2. The van der Waals surface area contributed by atoms with E-state index in [0.29, 0.717) is 28.1 Å². The predicted octanol–water partition coefficient (Wildman–Crippen LogP) is 5.80. The molecule has 43 heavy (non-hydrogen) atoms. The summed E-state index contributed by atoms with van der Waals surface area (Å²) in [4.78, 5) is 28.7. The summed E-state index contributed by atoms with van der Waals surface area (Å²) in [6.45, 7) is 1.39. The van der Waals surface area contributed by atoms with E-state index in [-0.39, 0.29) is 27.2 Å². The minimum atomic E-state index is -4.30. The van der Waals surface area contributed by atoms with Crippen LogP contribution < -0.4 is 15.4 Å². The van der Waals surface area contributed by atoms with Crippen molar-refractivity contribution in [2.75, 3.05) is 15.4 Å². The number of hydrogen-bond donors (Lipinski definition) is 3. The summed E-state index contributed by atoms with van der Waals surface area (Å²) in [7, 11) is -4.30. The molecule has 0 aliphatic heterocycles. The van der Waals surface area contributed by atoms with Gasteiger partial charge in [-0.1, -0.05) is 29.8 Å². The number of nitrogens with one attached hydrogen (secondary N) is 3. The fourth-order valence-corrected chi connectivity index (χ4v) is 5.97. The molecule has 3 N–H and O–H groups in total. The van der Waals surface area contributed by atoms with Crippen LogP contribution in [-0.4, -0.2) is 38.8 Å². The number of halogens is 3. The number of benzene rings is 3. The largest absolute Gasteiger partial charge is 0.333 e. The van der Waals surface area contributed by atoms with Gasteiger partial charge in [0, 0.05) is 6.92 Å². The third kappa shape index (κ3) is 5.29. The lowest BCUT2D eigenvalue weighted by Gasteiger charge is -2.15. The summed E-state index contributed by atoms with van der Waals surface area (Å²) in [5.41, 5.74) is 1.03. The number of imidazole rings is 1. The maximum atomic E-state index is 15.6. The molecule has 0 fully saturated rings. The second-order valence-corrected chi connectivity index (χ2v) is 11.2. The molecular weight excluding hydrogens is 602 g/mol. The highest BCUT2D eigenvalue weighted by atomic mass is 35.5. The summed E-state index contributed by atoms with van der Waals surface area (Å²) in [5.74, 6) is -2.13. The van der Waals surface area contributed by atoms with Crippen molar-refractivity contribution in [3.05, 3.63) is 96.0 Å². The van der Waals surface area contributed by atoms with Gasteiger partial charge in [0.15, 0.2) is 11.6 Å². The number of aromatic nitrogens is 5. The van der Waals surface area contributed by atoms with Crippen LogP contribution >= 0.6 is 11.6 Å². The van der Waals surface area contributed by atoms with E-state index < -0.39 is 33.0 Å². The molecule has 0 atom stereocenters. The molecule has 3 aromatic carbocycles. The molecule has 0 saturated heterocycles. The second-order valence-electron chi connectivity index (χ2n) is 9.17. The minimum absolute atomic E-state index is 0.0425. The van der Waals surface area contributed by atoms with Crippen LogP contribution in [-0.2, 0) is 14.8 Å². The molecule has 6 aromatic rings. The average molecular weight is 621 g/mol. The maximum absolute atomic E-state index is 15.6. The number of sulfonamides is 1. The number of nitrogens with zero attached hydrogens (tertiary/aromatic N) is 5. The van der Waals surface area contributed by atoms with Gasteiger partial charge in [0.05, 0.1) is 27.4 Å². The fraction of sp³-hybridized carbons (Fsp3) is 0.0357. The highest BCUT2D eigenvalue weighted by Crippen LogP contribution is 2.33. The van der Waals surface area contributed by atoms with Gasteiger partial charge in [0.2, 0.25) is 5.91 Å². The van der Waals surface area contributed by atoms with E-state index in [4.69, 9.17) is 11.6 Å². The van der Waals surface area contributed by atoms with E-state index in [0.717, 1.165) is 12.1 Å². The van der Waals surface area contributed by atoms with Gasteiger partial charge in [-0.05, 0) is 48.5 Å². The second kappa shape index (κ2) is 10.9. The number of carbonyl (C=O) groups excluding carboxylic acids is 1. The van der Waals surface area contributed by atoms with Crippen molar-refractivity contribution < 1.29 is 22.0 Å². The summed E-state index contributed by atoms with van der Waals surface area (Å²) in [6, 6.07) is 16.1. The predicted molar refractivity (Wildman–Crippen MR) is 158 cm³/mol. The highest BCUT2D eigenvalue weighted by molar-refractivity contribution is 7.92. The molecule has 216 valence electrons. The number of hydrogen-bond acceptors (Lipinski definition) is 8. The van der Waals surface area contributed by atoms with Gasteiger partial charge in [-0.3, -0.25) is 14.1 Å². The van der Waals surface area contributed by atoms with Crippen LogP contribution in [0, 0.1) is 11.6 Å². The smallest absolute Gasteiger partial charge is 0.263 e. The van der Waals surface area contributed by atoms with Gasteiger partial charge in [-0.15, -0.1) is 0 Å². The Morgan fingerprint density at radius 2 is 1.72 bits per heavy atom. The molecular formula is C28H19ClF2N8O3S. The average Bonchev–Trinajstić information content (AvgIpc) is 3.42. The number of para-hydroxylation sites is 1. The van der Waals surface area contributed by atoms with E-state index in [2.05, 4.69) is 35.3 Å². The molecule has 6 rings (SSSR count). The Morgan fingerprint density at radius 3 is 2.51 bits per heavy atom. The van der Waals surface area contributed by atoms with E-state index in [1.54, 1.807) is 41.0 Å². The molecule has 3 heterocycles. The van der Waals surface area contributed by atoms with E-state index in [9.17, 15) is 17.6 Å². The highest BCUT2D eigenvalue weighted by Gasteiger charge is 2.23. The van der Waals surface area contributed by atoms with E-state index >= 15 is 4.39 Å². The third-order valence-electron chi connectivity index (χ3n) is 6.31. The Morgan fingerprint density at radius 1 is 0.907 bits per heavy atom. The number of amides is 1. The van der Waals surface area contributed by atoms with Crippen molar-refractivity contribution in [3.8, 4) is 5.82 Å². The molecule has 0 spiro atoms. The van der Waals surface area contributed by atoms with Gasteiger partial charge < -0.3 is 10.6 Å². The van der Waals surface area contributed by atoms with Crippen molar-refractivity contribution >= 4 is 72.5 Å². The van der Waals surface area contributed by atoms with Crippen molar-refractivity contribution in [3.63, 3.8) is 0 Å².